The Labute approximate surface area is 125 Å². The van der Waals surface area contributed by atoms with Crippen LogP contribution in [-0.4, -0.2) is 24.7 Å². The lowest BCUT2D eigenvalue weighted by atomic mass is 10.1. The molecule has 1 N–H and O–H groups in total. The predicted octanol–water partition coefficient (Wildman–Crippen LogP) is 3.11. The van der Waals surface area contributed by atoms with Gasteiger partial charge in [-0.15, -0.1) is 0 Å². The zero-order chi connectivity index (χ0) is 14.5. The molecule has 3 rings (SSSR count). The zero-order valence-corrected chi connectivity index (χ0v) is 12.4. The van der Waals surface area contributed by atoms with Gasteiger partial charge in [0.15, 0.2) is 11.6 Å². The molecule has 2 heterocycles. The van der Waals surface area contributed by atoms with Crippen LogP contribution in [0.25, 0.3) is 0 Å². The van der Waals surface area contributed by atoms with E-state index in [-0.39, 0.29) is 0 Å². The Kier molecular flexibility index (Phi) is 4.36. The second-order valence-electron chi connectivity index (χ2n) is 5.13. The van der Waals surface area contributed by atoms with Gasteiger partial charge in [-0.3, -0.25) is 0 Å². The predicted molar refractivity (Wildman–Crippen MR) is 85.2 cm³/mol. The number of hydrogen-bond acceptors (Lipinski definition) is 4. The molecule has 0 fully saturated rings. The summed E-state index contributed by atoms with van der Waals surface area (Å²) < 4.78 is 5.87. The highest BCUT2D eigenvalue weighted by Gasteiger charge is 2.20. The fraction of sp³-hybridized carbons (Fsp3) is 0.353. The number of fused-ring (bicyclic) bond motifs is 1. The monoisotopic (exact) mass is 283 g/mol. The molecule has 0 amide bonds. The van der Waals surface area contributed by atoms with Crippen LogP contribution in [0.15, 0.2) is 42.6 Å². The van der Waals surface area contributed by atoms with Crippen molar-refractivity contribution in [2.75, 3.05) is 24.6 Å². The zero-order valence-electron chi connectivity index (χ0n) is 12.4. The fourth-order valence-electron chi connectivity index (χ4n) is 2.59. The van der Waals surface area contributed by atoms with E-state index < -0.39 is 0 Å². The molecule has 4 heteroatoms. The lowest BCUT2D eigenvalue weighted by Crippen LogP contribution is -2.25. The first-order chi connectivity index (χ1) is 10.4. The van der Waals surface area contributed by atoms with E-state index in [0.29, 0.717) is 6.61 Å². The van der Waals surface area contributed by atoms with E-state index in [0.717, 1.165) is 37.6 Å². The van der Waals surface area contributed by atoms with Crippen LogP contribution in [0.4, 0.5) is 11.5 Å². The van der Waals surface area contributed by atoms with Crippen LogP contribution in [0.2, 0.25) is 0 Å². The van der Waals surface area contributed by atoms with Crippen LogP contribution >= 0.6 is 0 Å². The molecule has 1 aliphatic heterocycles. The number of hydrogen-bond donors (Lipinski definition) is 1. The van der Waals surface area contributed by atoms with Gasteiger partial charge in [-0.25, -0.2) is 4.98 Å². The molecule has 110 valence electrons. The summed E-state index contributed by atoms with van der Waals surface area (Å²) in [4.78, 5) is 6.82. The van der Waals surface area contributed by atoms with E-state index in [9.17, 15) is 0 Å². The summed E-state index contributed by atoms with van der Waals surface area (Å²) in [6, 6.07) is 12.4. The van der Waals surface area contributed by atoms with E-state index in [1.165, 1.54) is 11.3 Å². The molecule has 0 radical (unpaired) electrons. The number of pyridine rings is 1. The third kappa shape index (κ3) is 3.00. The Morgan fingerprint density at radius 3 is 3.05 bits per heavy atom. The maximum atomic E-state index is 5.87. The summed E-state index contributed by atoms with van der Waals surface area (Å²) >= 11 is 0. The highest BCUT2D eigenvalue weighted by molar-refractivity contribution is 5.68. The van der Waals surface area contributed by atoms with Gasteiger partial charge in [0.25, 0.3) is 0 Å². The third-order valence-corrected chi connectivity index (χ3v) is 3.58. The van der Waals surface area contributed by atoms with Crippen LogP contribution < -0.4 is 15.0 Å². The molecule has 0 saturated heterocycles. The largest absolute Gasteiger partial charge is 0.490 e. The van der Waals surface area contributed by atoms with Crippen LogP contribution in [0.3, 0.4) is 0 Å². The highest BCUT2D eigenvalue weighted by Crippen LogP contribution is 2.34. The van der Waals surface area contributed by atoms with Crippen molar-refractivity contribution in [1.29, 1.82) is 0 Å². The second-order valence-corrected chi connectivity index (χ2v) is 5.13. The summed E-state index contributed by atoms with van der Waals surface area (Å²) in [5.41, 5.74) is 2.50. The van der Waals surface area contributed by atoms with Crippen molar-refractivity contribution in [3.05, 3.63) is 48.2 Å². The van der Waals surface area contributed by atoms with Crippen molar-refractivity contribution in [1.82, 2.24) is 10.3 Å². The SMILES string of the molecule is CCCOc1cccnc1N1CCNCc2ccccc21. The number of aromatic nitrogens is 1. The number of nitrogens with one attached hydrogen (secondary N) is 1. The summed E-state index contributed by atoms with van der Waals surface area (Å²) in [6.45, 7) is 5.53. The first-order valence-corrected chi connectivity index (χ1v) is 7.54. The maximum Gasteiger partial charge on any atom is 0.175 e. The van der Waals surface area contributed by atoms with Crippen LogP contribution in [-0.2, 0) is 6.54 Å². The Balaban J connectivity index is 2.00. The molecule has 0 atom stereocenters. The van der Waals surface area contributed by atoms with Crippen LogP contribution in [0.1, 0.15) is 18.9 Å². The lowest BCUT2D eigenvalue weighted by Gasteiger charge is -2.25. The molecule has 0 aliphatic carbocycles. The van der Waals surface area contributed by atoms with Crippen molar-refractivity contribution in [3.8, 4) is 5.75 Å². The smallest absolute Gasteiger partial charge is 0.175 e. The second kappa shape index (κ2) is 6.59. The lowest BCUT2D eigenvalue weighted by molar-refractivity contribution is 0.317. The van der Waals surface area contributed by atoms with Crippen molar-refractivity contribution < 1.29 is 4.74 Å². The molecule has 0 unspecified atom stereocenters. The number of para-hydroxylation sites is 1. The molecular formula is C17H21N3O. The number of ether oxygens (including phenoxy) is 1. The summed E-state index contributed by atoms with van der Waals surface area (Å²) in [5, 5.41) is 3.46. The van der Waals surface area contributed by atoms with E-state index in [1.807, 2.05) is 18.3 Å². The number of rotatable bonds is 4. The third-order valence-electron chi connectivity index (χ3n) is 3.58. The van der Waals surface area contributed by atoms with Gasteiger partial charge >= 0.3 is 0 Å². The van der Waals surface area contributed by atoms with E-state index in [1.54, 1.807) is 0 Å². The summed E-state index contributed by atoms with van der Waals surface area (Å²) in [6.07, 6.45) is 2.82. The minimum absolute atomic E-state index is 0.715. The molecule has 2 aromatic rings. The molecule has 1 aromatic carbocycles. The van der Waals surface area contributed by atoms with Crippen molar-refractivity contribution >= 4 is 11.5 Å². The molecular weight excluding hydrogens is 262 g/mol. The van der Waals surface area contributed by atoms with Crippen LogP contribution in [0, 0.1) is 0 Å². The molecule has 21 heavy (non-hydrogen) atoms. The van der Waals surface area contributed by atoms with Gasteiger partial charge in [-0.1, -0.05) is 25.1 Å². The Morgan fingerprint density at radius 1 is 1.24 bits per heavy atom. The van der Waals surface area contributed by atoms with Crippen LogP contribution in [0.5, 0.6) is 5.75 Å². The Bertz CT molecular complexity index is 600. The van der Waals surface area contributed by atoms with E-state index in [4.69, 9.17) is 4.74 Å². The Morgan fingerprint density at radius 2 is 2.14 bits per heavy atom. The quantitative estimate of drug-likeness (QED) is 0.935. The summed E-state index contributed by atoms with van der Waals surface area (Å²) in [5.74, 6) is 1.76. The number of nitrogens with zero attached hydrogens (tertiary/aromatic N) is 2. The molecule has 1 aromatic heterocycles. The molecule has 0 bridgehead atoms. The van der Waals surface area contributed by atoms with Crippen molar-refractivity contribution in [2.45, 2.75) is 19.9 Å². The van der Waals surface area contributed by atoms with Gasteiger partial charge in [0.05, 0.1) is 6.61 Å². The van der Waals surface area contributed by atoms with E-state index >= 15 is 0 Å². The molecule has 0 saturated carbocycles. The highest BCUT2D eigenvalue weighted by atomic mass is 16.5. The van der Waals surface area contributed by atoms with Gasteiger partial charge in [-0.2, -0.15) is 0 Å². The first-order valence-electron chi connectivity index (χ1n) is 7.54. The summed E-state index contributed by atoms with van der Waals surface area (Å²) in [7, 11) is 0. The number of benzene rings is 1. The topological polar surface area (TPSA) is 37.4 Å². The minimum atomic E-state index is 0.715. The van der Waals surface area contributed by atoms with Gasteiger partial charge in [0.2, 0.25) is 0 Å². The average Bonchev–Trinajstić information content (AvgIpc) is 2.75. The van der Waals surface area contributed by atoms with E-state index in [2.05, 4.69) is 46.4 Å². The number of anilines is 2. The average molecular weight is 283 g/mol. The van der Waals surface area contributed by atoms with Gasteiger partial charge in [0, 0.05) is 31.5 Å². The minimum Gasteiger partial charge on any atom is -0.490 e. The van der Waals surface area contributed by atoms with Crippen molar-refractivity contribution in [2.24, 2.45) is 0 Å². The first kappa shape index (κ1) is 13.9. The maximum absolute atomic E-state index is 5.87. The Hall–Kier alpha value is -2.07. The normalized spacial score (nSPS) is 14.4. The van der Waals surface area contributed by atoms with Crippen molar-refractivity contribution in [3.63, 3.8) is 0 Å². The van der Waals surface area contributed by atoms with Gasteiger partial charge in [-0.05, 0) is 30.2 Å². The molecule has 4 nitrogen and oxygen atoms in total. The molecule has 1 aliphatic rings. The fourth-order valence-corrected chi connectivity index (χ4v) is 2.59. The standard InChI is InChI=1S/C17H21N3O/c1-2-12-21-16-8-5-9-19-17(16)20-11-10-18-13-14-6-3-4-7-15(14)20/h3-9,18H,2,10-13H2,1H3. The van der Waals surface area contributed by atoms with Gasteiger partial charge in [0.1, 0.15) is 0 Å². The molecule has 0 spiro atoms. The van der Waals surface area contributed by atoms with Gasteiger partial charge < -0.3 is 15.0 Å².